The molecule has 0 spiro atoms. The highest BCUT2D eigenvalue weighted by Crippen LogP contribution is 2.43. The van der Waals surface area contributed by atoms with E-state index in [2.05, 4.69) is 38.7 Å². The van der Waals surface area contributed by atoms with Gasteiger partial charge in [0.05, 0.1) is 19.9 Å². The van der Waals surface area contributed by atoms with E-state index in [0.717, 1.165) is 45.5 Å². The number of hydrogen-bond donors (Lipinski definition) is 0. The van der Waals surface area contributed by atoms with Gasteiger partial charge in [0.25, 0.3) is 0 Å². The topological polar surface area (TPSA) is 70.4 Å². The Balaban J connectivity index is 0.000000706. The van der Waals surface area contributed by atoms with E-state index in [1.165, 1.54) is 10.5 Å². The van der Waals surface area contributed by atoms with Crippen LogP contribution in [0.5, 0.6) is 11.5 Å². The first kappa shape index (κ1) is 20.2. The number of halogens is 1. The third-order valence-electron chi connectivity index (χ3n) is 4.31. The average Bonchev–Trinajstić information content (AvgIpc) is 3.03. The molecule has 1 aliphatic heterocycles. The van der Waals surface area contributed by atoms with Crippen LogP contribution < -0.4 is 9.47 Å². The predicted molar refractivity (Wildman–Crippen MR) is 108 cm³/mol. The number of aryl methyl sites for hydroxylation is 1. The van der Waals surface area contributed by atoms with Crippen molar-refractivity contribution in [1.29, 1.82) is 0 Å². The highest BCUT2D eigenvalue weighted by molar-refractivity contribution is 9.10. The van der Waals surface area contributed by atoms with E-state index in [1.54, 1.807) is 26.0 Å². The van der Waals surface area contributed by atoms with Gasteiger partial charge in [0.1, 0.15) is 4.60 Å². The maximum Gasteiger partial charge on any atom is 0.373 e. The zero-order valence-corrected chi connectivity index (χ0v) is 17.7. The van der Waals surface area contributed by atoms with Crippen LogP contribution in [0.3, 0.4) is 0 Å². The van der Waals surface area contributed by atoms with Gasteiger partial charge in [0.2, 0.25) is 0 Å². The van der Waals surface area contributed by atoms with Crippen molar-refractivity contribution >= 4 is 33.8 Å². The Morgan fingerprint density at radius 2 is 1.75 bits per heavy atom. The summed E-state index contributed by atoms with van der Waals surface area (Å²) in [5.41, 5.74) is 3.49. The molecular formula is C20H17BrN2O4S. The summed E-state index contributed by atoms with van der Waals surface area (Å²) in [7, 11) is 3.33. The molecule has 1 aliphatic rings. The number of methoxy groups -OCH3 is 2. The van der Waals surface area contributed by atoms with E-state index >= 15 is 0 Å². The zero-order chi connectivity index (χ0) is 20.1. The number of nitrogens with zero attached hydrogens (tertiary/aromatic N) is 2. The molecule has 28 heavy (non-hydrogen) atoms. The summed E-state index contributed by atoms with van der Waals surface area (Å²) >= 11 is 5.33. The Morgan fingerprint density at radius 3 is 2.39 bits per heavy atom. The van der Waals surface area contributed by atoms with Gasteiger partial charge in [0.15, 0.2) is 16.7 Å². The molecular weight excluding hydrogens is 444 g/mol. The van der Waals surface area contributed by atoms with Crippen molar-refractivity contribution in [2.24, 2.45) is 0 Å². The molecule has 4 rings (SSSR count). The van der Waals surface area contributed by atoms with E-state index in [4.69, 9.17) is 24.0 Å². The first-order valence-electron chi connectivity index (χ1n) is 8.36. The van der Waals surface area contributed by atoms with Crippen molar-refractivity contribution in [2.45, 2.75) is 23.0 Å². The molecule has 0 unspecified atom stereocenters. The van der Waals surface area contributed by atoms with E-state index in [1.807, 2.05) is 24.3 Å². The summed E-state index contributed by atoms with van der Waals surface area (Å²) in [6, 6.07) is 14.4. The maximum atomic E-state index is 8.12. The van der Waals surface area contributed by atoms with Gasteiger partial charge in [-0.2, -0.15) is 9.59 Å². The standard InChI is InChI=1S/C19H17BrN2O2S.CO2/c1-23-15-10-12-8-9-22-17(14(12)11-16(15)24-2)18(20)21-19(22)25-13-6-4-3-5-7-13;2-1-3/h3-7,10-11H,8-9H2,1-2H3;. The summed E-state index contributed by atoms with van der Waals surface area (Å²) < 4.78 is 14.1. The number of imidazole rings is 1. The van der Waals surface area contributed by atoms with Gasteiger partial charge in [-0.1, -0.05) is 30.0 Å². The molecule has 0 saturated heterocycles. The van der Waals surface area contributed by atoms with E-state index in [-0.39, 0.29) is 6.15 Å². The third-order valence-corrected chi connectivity index (χ3v) is 5.87. The molecule has 0 atom stereocenters. The molecule has 2 heterocycles. The molecule has 1 aromatic heterocycles. The van der Waals surface area contributed by atoms with E-state index in [0.29, 0.717) is 0 Å². The fourth-order valence-corrected chi connectivity index (χ4v) is 4.77. The monoisotopic (exact) mass is 460 g/mol. The van der Waals surface area contributed by atoms with Crippen molar-refractivity contribution in [3.63, 3.8) is 0 Å². The number of aromatic nitrogens is 2. The van der Waals surface area contributed by atoms with Crippen molar-refractivity contribution in [3.05, 3.63) is 52.6 Å². The molecule has 0 radical (unpaired) electrons. The van der Waals surface area contributed by atoms with Crippen molar-refractivity contribution in [2.75, 3.05) is 14.2 Å². The molecule has 0 bridgehead atoms. The van der Waals surface area contributed by atoms with Gasteiger partial charge >= 0.3 is 6.15 Å². The first-order valence-corrected chi connectivity index (χ1v) is 9.97. The van der Waals surface area contributed by atoms with Crippen LogP contribution in [0.2, 0.25) is 0 Å². The maximum absolute atomic E-state index is 8.12. The van der Waals surface area contributed by atoms with Crippen LogP contribution in [-0.2, 0) is 22.6 Å². The van der Waals surface area contributed by atoms with Gasteiger partial charge in [0, 0.05) is 17.0 Å². The van der Waals surface area contributed by atoms with Crippen LogP contribution in [0.15, 0.2) is 57.1 Å². The Morgan fingerprint density at radius 1 is 1.11 bits per heavy atom. The van der Waals surface area contributed by atoms with Crippen LogP contribution in [0, 0.1) is 0 Å². The Hall–Kier alpha value is -2.54. The quantitative estimate of drug-likeness (QED) is 0.572. The molecule has 0 aliphatic carbocycles. The number of fused-ring (bicyclic) bond motifs is 3. The molecule has 0 amide bonds. The molecule has 0 N–H and O–H groups in total. The Labute approximate surface area is 175 Å². The van der Waals surface area contributed by atoms with Gasteiger partial charge in [-0.05, 0) is 52.2 Å². The lowest BCUT2D eigenvalue weighted by atomic mass is 9.98. The normalized spacial score (nSPS) is 11.4. The second-order valence-corrected chi connectivity index (χ2v) is 7.59. The molecule has 8 heteroatoms. The molecule has 144 valence electrons. The number of benzene rings is 2. The van der Waals surface area contributed by atoms with E-state index in [9.17, 15) is 0 Å². The second kappa shape index (κ2) is 9.10. The number of rotatable bonds is 4. The lowest BCUT2D eigenvalue weighted by molar-refractivity contribution is -0.191. The van der Waals surface area contributed by atoms with Gasteiger partial charge in [-0.3, -0.25) is 0 Å². The van der Waals surface area contributed by atoms with E-state index < -0.39 is 0 Å². The minimum Gasteiger partial charge on any atom is -0.493 e. The fraction of sp³-hybridized carbons (Fsp3) is 0.200. The summed E-state index contributed by atoms with van der Waals surface area (Å²) in [5, 5.41) is 0.994. The van der Waals surface area contributed by atoms with Gasteiger partial charge < -0.3 is 14.0 Å². The number of carbonyl (C=O) groups excluding carboxylic acids is 2. The van der Waals surface area contributed by atoms with Crippen LogP contribution in [-0.4, -0.2) is 29.9 Å². The largest absolute Gasteiger partial charge is 0.493 e. The lowest BCUT2D eigenvalue weighted by Crippen LogP contribution is -2.12. The van der Waals surface area contributed by atoms with Crippen LogP contribution in [0.4, 0.5) is 0 Å². The summed E-state index contributed by atoms with van der Waals surface area (Å²) in [4.78, 5) is 22.2. The highest BCUT2D eigenvalue weighted by Gasteiger charge is 2.25. The molecule has 3 aromatic rings. The summed E-state index contributed by atoms with van der Waals surface area (Å²) in [6.45, 7) is 0.894. The summed E-state index contributed by atoms with van der Waals surface area (Å²) in [5.74, 6) is 1.50. The van der Waals surface area contributed by atoms with Gasteiger partial charge in [-0.25, -0.2) is 4.98 Å². The SMILES string of the molecule is COc1cc2c(cc1OC)-c1c(Br)nc(Sc3ccccc3)n1CC2.O=C=O. The lowest BCUT2D eigenvalue weighted by Gasteiger charge is -2.22. The number of ether oxygens (including phenoxy) is 2. The Bertz CT molecular complexity index is 1010. The molecule has 0 fully saturated rings. The van der Waals surface area contributed by atoms with Crippen LogP contribution in [0.1, 0.15) is 5.56 Å². The third kappa shape index (κ3) is 3.99. The Kier molecular flexibility index (Phi) is 6.57. The van der Waals surface area contributed by atoms with Crippen molar-refractivity contribution in [3.8, 4) is 22.8 Å². The summed E-state index contributed by atoms with van der Waals surface area (Å²) in [6.07, 6.45) is 1.19. The minimum absolute atomic E-state index is 0.250. The smallest absolute Gasteiger partial charge is 0.373 e. The second-order valence-electron chi connectivity index (χ2n) is 5.80. The fourth-order valence-electron chi connectivity index (χ4n) is 3.12. The molecule has 0 saturated carbocycles. The average molecular weight is 461 g/mol. The first-order chi connectivity index (χ1) is 13.6. The van der Waals surface area contributed by atoms with Crippen LogP contribution in [0.25, 0.3) is 11.3 Å². The van der Waals surface area contributed by atoms with Crippen molar-refractivity contribution in [1.82, 2.24) is 9.55 Å². The predicted octanol–water partition coefficient (Wildman–Crippen LogP) is 4.45. The minimum atomic E-state index is 0.250. The van der Waals surface area contributed by atoms with Crippen LogP contribution >= 0.6 is 27.7 Å². The van der Waals surface area contributed by atoms with Crippen molar-refractivity contribution < 1.29 is 19.1 Å². The molecule has 2 aromatic carbocycles. The number of hydrogen-bond acceptors (Lipinski definition) is 6. The zero-order valence-electron chi connectivity index (χ0n) is 15.3. The molecule has 6 nitrogen and oxygen atoms in total. The highest BCUT2D eigenvalue weighted by atomic mass is 79.9. The van der Waals surface area contributed by atoms with Gasteiger partial charge in [-0.15, -0.1) is 0 Å².